The zero-order valence-corrected chi connectivity index (χ0v) is 12.3. The van der Waals surface area contributed by atoms with Gasteiger partial charge in [-0.2, -0.15) is 0 Å². The second-order valence-corrected chi connectivity index (χ2v) is 2.64. The molecule has 0 unspecified atom stereocenters. The summed E-state index contributed by atoms with van der Waals surface area (Å²) >= 11 is 0. The van der Waals surface area contributed by atoms with Crippen molar-refractivity contribution in [1.82, 2.24) is 0 Å². The number of rotatable bonds is 0. The van der Waals surface area contributed by atoms with Gasteiger partial charge in [0.1, 0.15) is 5.76 Å². The molecule has 0 radical (unpaired) electrons. The molecule has 0 fully saturated rings. The van der Waals surface area contributed by atoms with E-state index in [0.29, 0.717) is 17.7 Å². The monoisotopic (exact) mass is 207 g/mol. The van der Waals surface area contributed by atoms with E-state index >= 15 is 0 Å². The summed E-state index contributed by atoms with van der Waals surface area (Å²) in [4.78, 5) is 14.6. The molecule has 0 bridgehead atoms. The summed E-state index contributed by atoms with van der Waals surface area (Å²) in [6.45, 7) is 0. The molecule has 0 saturated carbocycles. The Kier molecular flexibility index (Phi) is 6.21. The Hall–Kier alpha value is 0.360. The van der Waals surface area contributed by atoms with Gasteiger partial charge in [-0.15, -0.1) is 0 Å². The van der Waals surface area contributed by atoms with E-state index in [9.17, 15) is 9.90 Å². The van der Waals surface area contributed by atoms with Gasteiger partial charge in [0, 0.05) is 18.1 Å². The van der Waals surface area contributed by atoms with Crippen LogP contribution in [0.3, 0.4) is 0 Å². The number of aliphatic hydroxyl groups excluding tert-OH is 1. The molecule has 1 aliphatic carbocycles. The number of carbonyl (C=O) groups excluding carboxylic acids is 1. The number of dihydropyridines is 1. The Morgan fingerprint density at radius 2 is 2.07 bits per heavy atom. The molecule has 14 heavy (non-hydrogen) atoms. The van der Waals surface area contributed by atoms with Crippen LogP contribution in [0.5, 0.6) is 0 Å². The molecule has 0 aromatic carbocycles. The van der Waals surface area contributed by atoms with Gasteiger partial charge in [0.2, 0.25) is 0 Å². The van der Waals surface area contributed by atoms with E-state index in [1.807, 2.05) is 12.2 Å². The average molecular weight is 207 g/mol. The van der Waals surface area contributed by atoms with Gasteiger partial charge in [-0.3, -0.25) is 4.79 Å². The molecule has 1 N–H and O–H groups in total. The van der Waals surface area contributed by atoms with Gasteiger partial charge in [0.25, 0.3) is 5.91 Å². The van der Waals surface area contributed by atoms with Crippen LogP contribution in [0, 0.1) is 0 Å². The minimum atomic E-state index is -0.380. The predicted octanol–water partition coefficient (Wildman–Crippen LogP) is -4.70. The third-order valence-electron chi connectivity index (χ3n) is 1.80. The molecule has 0 aromatic rings. The first-order valence-electron chi connectivity index (χ1n) is 3.67. The molecule has 0 saturated heterocycles. The molecule has 1 heterocycles. The number of carbonyl (C=O) groups is 1. The van der Waals surface area contributed by atoms with Crippen LogP contribution < -0.4 is 59.1 Å². The largest absolute Gasteiger partial charge is 1.00 e. The van der Waals surface area contributed by atoms with Gasteiger partial charge in [-0.25, -0.2) is 4.99 Å². The Morgan fingerprint density at radius 3 is 2.79 bits per heavy atom. The van der Waals surface area contributed by atoms with E-state index in [1.54, 1.807) is 6.08 Å². The van der Waals surface area contributed by atoms with E-state index in [2.05, 4.69) is 4.99 Å². The summed E-state index contributed by atoms with van der Waals surface area (Å²) in [5.74, 6) is -0.357. The fourth-order valence-corrected chi connectivity index (χ4v) is 1.25. The number of hydrogen-bond acceptors (Lipinski definition) is 2. The van der Waals surface area contributed by atoms with Gasteiger partial charge in [-0.05, 0) is 6.08 Å². The van der Waals surface area contributed by atoms with Crippen LogP contribution in [0.2, 0.25) is 0 Å². The molecule has 0 aromatic heterocycles. The number of hydrogen-bond donors (Lipinski definition) is 1. The molecule has 2 rings (SSSR count). The molecular formula is C9H7NNa2O2+2. The molecule has 1 amide bonds. The Bertz CT molecular complexity index is 367. The van der Waals surface area contributed by atoms with Gasteiger partial charge in [-0.1, -0.05) is 12.2 Å². The van der Waals surface area contributed by atoms with Crippen LogP contribution in [-0.4, -0.2) is 16.7 Å². The number of aliphatic hydroxyl groups is 1. The SMILES string of the molecule is O=C1C=C(O)C2=CC=CCC2=N1.[Na+].[Na+]. The molecule has 3 nitrogen and oxygen atoms in total. The van der Waals surface area contributed by atoms with E-state index in [1.165, 1.54) is 0 Å². The Balaban J connectivity index is 0.000000845. The van der Waals surface area contributed by atoms with Crippen LogP contribution in [0.4, 0.5) is 0 Å². The number of amides is 1. The van der Waals surface area contributed by atoms with E-state index in [0.717, 1.165) is 6.08 Å². The number of fused-ring (bicyclic) bond motifs is 1. The van der Waals surface area contributed by atoms with Crippen molar-refractivity contribution in [3.8, 4) is 0 Å². The Morgan fingerprint density at radius 1 is 1.36 bits per heavy atom. The second-order valence-electron chi connectivity index (χ2n) is 2.64. The third-order valence-corrected chi connectivity index (χ3v) is 1.80. The Labute approximate surface area is 126 Å². The minimum absolute atomic E-state index is 0. The fraction of sp³-hybridized carbons (Fsp3) is 0.111. The predicted molar refractivity (Wildman–Crippen MR) is 45.0 cm³/mol. The number of nitrogens with zero attached hydrogens (tertiary/aromatic N) is 1. The topological polar surface area (TPSA) is 49.7 Å². The molecule has 1 aliphatic heterocycles. The molecule has 2 aliphatic rings. The maximum atomic E-state index is 10.9. The van der Waals surface area contributed by atoms with Crippen molar-refractivity contribution < 1.29 is 69.0 Å². The molecule has 60 valence electrons. The van der Waals surface area contributed by atoms with E-state index in [4.69, 9.17) is 0 Å². The second kappa shape index (κ2) is 6.05. The summed E-state index contributed by atoms with van der Waals surface area (Å²) in [5, 5.41) is 9.33. The maximum absolute atomic E-state index is 10.9. The van der Waals surface area contributed by atoms with Crippen LogP contribution >= 0.6 is 0 Å². The number of allylic oxidation sites excluding steroid dienone is 4. The van der Waals surface area contributed by atoms with E-state index < -0.39 is 0 Å². The van der Waals surface area contributed by atoms with Crippen LogP contribution in [0.25, 0.3) is 0 Å². The van der Waals surface area contributed by atoms with Crippen molar-refractivity contribution in [2.24, 2.45) is 4.99 Å². The summed E-state index contributed by atoms with van der Waals surface area (Å²) in [6.07, 6.45) is 7.24. The van der Waals surface area contributed by atoms with Crippen LogP contribution in [0.1, 0.15) is 6.42 Å². The summed E-state index contributed by atoms with van der Waals surface area (Å²) in [7, 11) is 0. The molecular weight excluding hydrogens is 200 g/mol. The number of aliphatic imine (C=N–C) groups is 1. The first-order chi connectivity index (χ1) is 5.77. The first-order valence-corrected chi connectivity index (χ1v) is 3.67. The van der Waals surface area contributed by atoms with Crippen molar-refractivity contribution in [1.29, 1.82) is 0 Å². The van der Waals surface area contributed by atoms with Gasteiger partial charge >= 0.3 is 59.1 Å². The summed E-state index contributed by atoms with van der Waals surface area (Å²) in [5.41, 5.74) is 1.32. The van der Waals surface area contributed by atoms with Gasteiger partial charge in [0.05, 0.1) is 5.71 Å². The zero-order valence-electron chi connectivity index (χ0n) is 8.32. The summed E-state index contributed by atoms with van der Waals surface area (Å²) in [6, 6.07) is 0. The normalized spacial score (nSPS) is 18.0. The van der Waals surface area contributed by atoms with Crippen molar-refractivity contribution >= 4 is 11.6 Å². The molecule has 0 spiro atoms. The van der Waals surface area contributed by atoms with Crippen LogP contribution in [-0.2, 0) is 4.79 Å². The van der Waals surface area contributed by atoms with Gasteiger partial charge < -0.3 is 5.11 Å². The fourth-order valence-electron chi connectivity index (χ4n) is 1.25. The third kappa shape index (κ3) is 2.92. The molecule has 5 heteroatoms. The van der Waals surface area contributed by atoms with Gasteiger partial charge in [0.15, 0.2) is 0 Å². The van der Waals surface area contributed by atoms with Crippen molar-refractivity contribution in [3.05, 3.63) is 35.6 Å². The van der Waals surface area contributed by atoms with Crippen molar-refractivity contribution in [2.75, 3.05) is 0 Å². The quantitative estimate of drug-likeness (QED) is 0.406. The van der Waals surface area contributed by atoms with Crippen molar-refractivity contribution in [2.45, 2.75) is 6.42 Å². The standard InChI is InChI=1S/C9H7NO2.2Na/c11-8-5-9(12)10-7-4-2-1-3-6(7)8;;/h1-3,5,11H,4H2;;/q;2*+1. The maximum Gasteiger partial charge on any atom is 1.00 e. The summed E-state index contributed by atoms with van der Waals surface area (Å²) < 4.78 is 0. The zero-order chi connectivity index (χ0) is 8.55. The smallest absolute Gasteiger partial charge is 0.507 e. The minimum Gasteiger partial charge on any atom is -0.507 e. The van der Waals surface area contributed by atoms with Crippen LogP contribution in [0.15, 0.2) is 40.6 Å². The average Bonchev–Trinajstić information content (AvgIpc) is 2.04. The first kappa shape index (κ1) is 14.4. The van der Waals surface area contributed by atoms with Crippen molar-refractivity contribution in [3.63, 3.8) is 0 Å². The van der Waals surface area contributed by atoms with E-state index in [-0.39, 0.29) is 70.8 Å². The molecule has 0 atom stereocenters.